The highest BCUT2D eigenvalue weighted by atomic mass is 32.1. The fourth-order valence-electron chi connectivity index (χ4n) is 2.75. The minimum atomic E-state index is -2.88. The van der Waals surface area contributed by atoms with Crippen molar-refractivity contribution in [2.45, 2.75) is 26.3 Å². The Kier molecular flexibility index (Phi) is 4.61. The molecule has 0 amide bonds. The van der Waals surface area contributed by atoms with E-state index in [1.165, 1.54) is 17.4 Å². The standard InChI is InChI=1S/C18H14F3N5S/c1-2-16-24-25-17(27-16)9-26-15-6-11(7-22-14(15)8-23-26)10-3-4-13(19)12(5-10)18(20)21/h3-8,18H,2,9H2,1H3. The molecular weight excluding hydrogens is 375 g/mol. The molecule has 0 N–H and O–H groups in total. The summed E-state index contributed by atoms with van der Waals surface area (Å²) >= 11 is 1.52. The number of nitrogens with zero attached hydrogens (tertiary/aromatic N) is 5. The van der Waals surface area contributed by atoms with Crippen molar-refractivity contribution < 1.29 is 13.2 Å². The summed E-state index contributed by atoms with van der Waals surface area (Å²) in [5, 5.41) is 14.4. The molecule has 0 aliphatic heterocycles. The Balaban J connectivity index is 1.72. The van der Waals surface area contributed by atoms with Gasteiger partial charge in [-0.25, -0.2) is 13.2 Å². The Morgan fingerprint density at radius 3 is 2.63 bits per heavy atom. The van der Waals surface area contributed by atoms with Gasteiger partial charge in [-0.2, -0.15) is 5.10 Å². The molecule has 4 rings (SSSR count). The Morgan fingerprint density at radius 2 is 1.89 bits per heavy atom. The number of aryl methyl sites for hydroxylation is 1. The van der Waals surface area contributed by atoms with Crippen LogP contribution in [0.1, 0.15) is 28.9 Å². The fourth-order valence-corrected chi connectivity index (χ4v) is 3.52. The maximum absolute atomic E-state index is 13.6. The van der Waals surface area contributed by atoms with Gasteiger partial charge < -0.3 is 0 Å². The van der Waals surface area contributed by atoms with Crippen LogP contribution in [0.5, 0.6) is 0 Å². The number of pyridine rings is 1. The summed E-state index contributed by atoms with van der Waals surface area (Å²) in [4.78, 5) is 4.34. The lowest BCUT2D eigenvalue weighted by atomic mass is 10.0. The summed E-state index contributed by atoms with van der Waals surface area (Å²) in [5.74, 6) is -0.921. The van der Waals surface area contributed by atoms with Crippen LogP contribution in [-0.4, -0.2) is 25.0 Å². The van der Waals surface area contributed by atoms with Crippen LogP contribution in [0.4, 0.5) is 13.2 Å². The molecular formula is C18H14F3N5S. The number of alkyl halides is 2. The second-order valence-corrected chi connectivity index (χ2v) is 7.06. The van der Waals surface area contributed by atoms with E-state index in [-0.39, 0.29) is 0 Å². The Bertz CT molecular complexity index is 1110. The molecule has 0 radical (unpaired) electrons. The molecule has 0 spiro atoms. The van der Waals surface area contributed by atoms with Crippen LogP contribution >= 0.6 is 11.3 Å². The third-order valence-electron chi connectivity index (χ3n) is 4.16. The van der Waals surface area contributed by atoms with Gasteiger partial charge in [-0.3, -0.25) is 9.67 Å². The number of halogens is 3. The molecule has 1 aromatic carbocycles. The third-order valence-corrected chi connectivity index (χ3v) is 5.21. The van der Waals surface area contributed by atoms with Gasteiger partial charge in [0.15, 0.2) is 0 Å². The van der Waals surface area contributed by atoms with E-state index in [1.54, 1.807) is 23.1 Å². The third kappa shape index (κ3) is 3.42. The first-order valence-corrected chi connectivity index (χ1v) is 9.07. The van der Waals surface area contributed by atoms with Crippen LogP contribution in [0.3, 0.4) is 0 Å². The van der Waals surface area contributed by atoms with E-state index >= 15 is 0 Å². The van der Waals surface area contributed by atoms with Crippen molar-refractivity contribution in [1.29, 1.82) is 0 Å². The number of rotatable bonds is 5. The Hall–Kier alpha value is -2.81. The van der Waals surface area contributed by atoms with Gasteiger partial charge in [-0.05, 0) is 30.2 Å². The van der Waals surface area contributed by atoms with Gasteiger partial charge in [0.05, 0.1) is 23.8 Å². The topological polar surface area (TPSA) is 56.5 Å². The van der Waals surface area contributed by atoms with Crippen molar-refractivity contribution in [3.8, 4) is 11.1 Å². The molecule has 0 fully saturated rings. The summed E-state index contributed by atoms with van der Waals surface area (Å²) in [6.07, 6.45) is 1.14. The molecule has 0 saturated heterocycles. The number of hydrogen-bond donors (Lipinski definition) is 0. The predicted molar refractivity (Wildman–Crippen MR) is 96.3 cm³/mol. The maximum atomic E-state index is 13.6. The molecule has 27 heavy (non-hydrogen) atoms. The lowest BCUT2D eigenvalue weighted by Gasteiger charge is -2.07. The smallest absolute Gasteiger partial charge is 0.256 e. The molecule has 4 aromatic rings. The zero-order valence-electron chi connectivity index (χ0n) is 14.2. The quantitative estimate of drug-likeness (QED) is 0.499. The highest BCUT2D eigenvalue weighted by Crippen LogP contribution is 2.29. The number of aromatic nitrogens is 5. The van der Waals surface area contributed by atoms with Crippen molar-refractivity contribution >= 4 is 22.4 Å². The van der Waals surface area contributed by atoms with Crippen LogP contribution in [-0.2, 0) is 13.0 Å². The molecule has 3 aromatic heterocycles. The van der Waals surface area contributed by atoms with Crippen LogP contribution in [0.15, 0.2) is 36.7 Å². The number of fused-ring (bicyclic) bond motifs is 1. The van der Waals surface area contributed by atoms with Crippen molar-refractivity contribution in [3.63, 3.8) is 0 Å². The van der Waals surface area contributed by atoms with Crippen LogP contribution in [0, 0.1) is 5.82 Å². The van der Waals surface area contributed by atoms with Crippen molar-refractivity contribution in [2.24, 2.45) is 0 Å². The molecule has 0 bridgehead atoms. The van der Waals surface area contributed by atoms with Gasteiger partial charge in [-0.15, -0.1) is 10.2 Å². The van der Waals surface area contributed by atoms with Gasteiger partial charge >= 0.3 is 0 Å². The van der Waals surface area contributed by atoms with Gasteiger partial charge in [0, 0.05) is 11.8 Å². The van der Waals surface area contributed by atoms with Crippen LogP contribution < -0.4 is 0 Å². The van der Waals surface area contributed by atoms with Crippen molar-refractivity contribution in [3.05, 3.63) is 58.1 Å². The van der Waals surface area contributed by atoms with Crippen LogP contribution in [0.2, 0.25) is 0 Å². The minimum absolute atomic E-state index is 0.442. The summed E-state index contributed by atoms with van der Waals surface area (Å²) in [6.45, 7) is 2.46. The largest absolute Gasteiger partial charge is 0.266 e. The SMILES string of the molecule is CCc1nnc(Cn2ncc3ncc(-c4ccc(F)c(C(F)F)c4)cc32)s1. The van der Waals surface area contributed by atoms with Gasteiger partial charge in [-0.1, -0.05) is 24.3 Å². The summed E-state index contributed by atoms with van der Waals surface area (Å²) in [6, 6.07) is 5.47. The van der Waals surface area contributed by atoms with Gasteiger partial charge in [0.1, 0.15) is 21.3 Å². The first-order chi connectivity index (χ1) is 13.0. The molecule has 0 saturated carbocycles. The van der Waals surface area contributed by atoms with E-state index in [9.17, 15) is 13.2 Å². The molecule has 3 heterocycles. The van der Waals surface area contributed by atoms with E-state index < -0.39 is 17.8 Å². The Labute approximate surface area is 156 Å². The predicted octanol–water partition coefficient (Wildman–Crippen LogP) is 4.64. The molecule has 0 aliphatic carbocycles. The Morgan fingerprint density at radius 1 is 1.07 bits per heavy atom. The molecule has 5 nitrogen and oxygen atoms in total. The molecule has 0 unspecified atom stereocenters. The summed E-state index contributed by atoms with van der Waals surface area (Å²) in [7, 11) is 0. The van der Waals surface area contributed by atoms with Crippen molar-refractivity contribution in [2.75, 3.05) is 0 Å². The molecule has 0 atom stereocenters. The lowest BCUT2D eigenvalue weighted by molar-refractivity contribution is 0.146. The normalized spacial score (nSPS) is 11.6. The lowest BCUT2D eigenvalue weighted by Crippen LogP contribution is -2.01. The van der Waals surface area contributed by atoms with Gasteiger partial charge in [0.25, 0.3) is 6.43 Å². The summed E-state index contributed by atoms with van der Waals surface area (Å²) in [5.41, 5.74) is 1.87. The highest BCUT2D eigenvalue weighted by molar-refractivity contribution is 7.11. The monoisotopic (exact) mass is 389 g/mol. The molecule has 0 aliphatic rings. The first-order valence-electron chi connectivity index (χ1n) is 8.26. The number of benzene rings is 1. The van der Waals surface area contributed by atoms with E-state index in [0.29, 0.717) is 23.2 Å². The van der Waals surface area contributed by atoms with E-state index in [0.717, 1.165) is 34.1 Å². The van der Waals surface area contributed by atoms with E-state index in [2.05, 4.69) is 20.3 Å². The zero-order valence-corrected chi connectivity index (χ0v) is 15.1. The van der Waals surface area contributed by atoms with E-state index in [4.69, 9.17) is 0 Å². The zero-order chi connectivity index (χ0) is 19.0. The second-order valence-electron chi connectivity index (χ2n) is 5.91. The first kappa shape index (κ1) is 17.6. The average molecular weight is 389 g/mol. The average Bonchev–Trinajstić information content (AvgIpc) is 3.29. The minimum Gasteiger partial charge on any atom is -0.256 e. The summed E-state index contributed by atoms with van der Waals surface area (Å²) < 4.78 is 41.3. The second kappa shape index (κ2) is 7.07. The van der Waals surface area contributed by atoms with Gasteiger partial charge in [0.2, 0.25) is 0 Å². The number of hydrogen-bond acceptors (Lipinski definition) is 5. The highest BCUT2D eigenvalue weighted by Gasteiger charge is 2.15. The van der Waals surface area contributed by atoms with Crippen molar-refractivity contribution in [1.82, 2.24) is 25.0 Å². The van der Waals surface area contributed by atoms with E-state index in [1.807, 2.05) is 6.92 Å². The molecule has 9 heteroatoms. The molecule has 138 valence electrons. The fraction of sp³-hybridized carbons (Fsp3) is 0.222. The van der Waals surface area contributed by atoms with Crippen LogP contribution in [0.25, 0.3) is 22.2 Å². The maximum Gasteiger partial charge on any atom is 0.266 e.